The summed E-state index contributed by atoms with van der Waals surface area (Å²) in [6.45, 7) is 15.2. The van der Waals surface area contributed by atoms with E-state index in [4.69, 9.17) is 0 Å². The van der Waals surface area contributed by atoms with Crippen molar-refractivity contribution in [2.45, 2.75) is 65.2 Å². The maximum atomic E-state index is 4.17. The molecule has 0 radical (unpaired) electrons. The predicted molar refractivity (Wildman–Crippen MR) is 170 cm³/mol. The van der Waals surface area contributed by atoms with Crippen LogP contribution in [0.2, 0.25) is 0 Å². The minimum Gasteiger partial charge on any atom is -0.313 e. The maximum Gasteiger partial charge on any atom is 0.0537 e. The van der Waals surface area contributed by atoms with Crippen LogP contribution in [0.15, 0.2) is 108 Å². The van der Waals surface area contributed by atoms with E-state index < -0.39 is 0 Å². The smallest absolute Gasteiger partial charge is 0.0537 e. The molecule has 1 heteroatoms. The van der Waals surface area contributed by atoms with E-state index in [0.717, 1.165) is 19.3 Å². The SMILES string of the molecule is C=CC1=C(/C=C\C)c2ccc(-n3c4c(c5cc(C6C=C(/C=C\C)C(C)=CC6)ccc53)C=CCC4)cc2C1(C)C. The van der Waals surface area contributed by atoms with Crippen molar-refractivity contribution in [1.82, 2.24) is 4.57 Å². The molecular weight excluding hydrogens is 470 g/mol. The Morgan fingerprint density at radius 1 is 1.03 bits per heavy atom. The quantitative estimate of drug-likeness (QED) is 0.322. The number of aromatic nitrogens is 1. The summed E-state index contributed by atoms with van der Waals surface area (Å²) in [5.41, 5.74) is 14.7. The van der Waals surface area contributed by atoms with Crippen molar-refractivity contribution in [3.63, 3.8) is 0 Å². The Morgan fingerprint density at radius 2 is 1.85 bits per heavy atom. The summed E-state index contributed by atoms with van der Waals surface area (Å²) in [7, 11) is 0. The molecule has 3 aliphatic carbocycles. The first-order chi connectivity index (χ1) is 18.9. The van der Waals surface area contributed by atoms with Crippen LogP contribution in [-0.2, 0) is 11.8 Å². The van der Waals surface area contributed by atoms with Crippen LogP contribution >= 0.6 is 0 Å². The Morgan fingerprint density at radius 3 is 2.62 bits per heavy atom. The van der Waals surface area contributed by atoms with Crippen molar-refractivity contribution in [3.05, 3.63) is 136 Å². The molecule has 39 heavy (non-hydrogen) atoms. The van der Waals surface area contributed by atoms with Gasteiger partial charge in [0.15, 0.2) is 0 Å². The minimum atomic E-state index is -0.0817. The summed E-state index contributed by atoms with van der Waals surface area (Å²) in [5.74, 6) is 0.408. The van der Waals surface area contributed by atoms with Gasteiger partial charge in [-0.15, -0.1) is 0 Å². The fourth-order valence-electron chi connectivity index (χ4n) is 6.96. The number of hydrogen-bond acceptors (Lipinski definition) is 0. The topological polar surface area (TPSA) is 4.93 Å². The van der Waals surface area contributed by atoms with Gasteiger partial charge < -0.3 is 4.57 Å². The summed E-state index contributed by atoms with van der Waals surface area (Å²) < 4.78 is 2.53. The van der Waals surface area contributed by atoms with Gasteiger partial charge in [-0.3, -0.25) is 0 Å². The lowest BCUT2D eigenvalue weighted by molar-refractivity contribution is 0.653. The van der Waals surface area contributed by atoms with Gasteiger partial charge in [0.2, 0.25) is 0 Å². The van der Waals surface area contributed by atoms with Crippen molar-refractivity contribution in [2.24, 2.45) is 0 Å². The number of benzene rings is 2. The van der Waals surface area contributed by atoms with Crippen LogP contribution in [0.4, 0.5) is 0 Å². The maximum absolute atomic E-state index is 4.17. The third-order valence-corrected chi connectivity index (χ3v) is 8.98. The molecule has 3 aliphatic rings. The molecular formula is C38H39N. The summed E-state index contributed by atoms with van der Waals surface area (Å²) in [4.78, 5) is 0. The number of hydrogen-bond donors (Lipinski definition) is 0. The summed E-state index contributed by atoms with van der Waals surface area (Å²) >= 11 is 0. The van der Waals surface area contributed by atoms with E-state index in [2.05, 4.69) is 131 Å². The molecule has 2 aromatic carbocycles. The first-order valence-electron chi connectivity index (χ1n) is 14.4. The number of nitrogens with zero attached hydrogens (tertiary/aromatic N) is 1. The minimum absolute atomic E-state index is 0.0817. The van der Waals surface area contributed by atoms with Crippen LogP contribution in [0, 0.1) is 0 Å². The van der Waals surface area contributed by atoms with Crippen LogP contribution < -0.4 is 0 Å². The fraction of sp³-hybridized carbons (Fsp3) is 0.263. The molecule has 0 bridgehead atoms. The third-order valence-electron chi connectivity index (χ3n) is 8.98. The van der Waals surface area contributed by atoms with Crippen molar-refractivity contribution in [3.8, 4) is 5.69 Å². The normalized spacial score (nSPS) is 20.1. The Balaban J connectivity index is 1.50. The molecule has 1 nitrogen and oxygen atoms in total. The van der Waals surface area contributed by atoms with Crippen LogP contribution in [0.25, 0.3) is 28.2 Å². The first kappa shape index (κ1) is 25.4. The molecule has 0 fully saturated rings. The zero-order valence-electron chi connectivity index (χ0n) is 24.0. The lowest BCUT2D eigenvalue weighted by atomic mass is 9.81. The van der Waals surface area contributed by atoms with Crippen molar-refractivity contribution < 1.29 is 0 Å². The number of rotatable bonds is 5. The predicted octanol–water partition coefficient (Wildman–Crippen LogP) is 10.3. The second-order valence-corrected chi connectivity index (χ2v) is 11.7. The number of fused-ring (bicyclic) bond motifs is 4. The average molecular weight is 510 g/mol. The van der Waals surface area contributed by atoms with E-state index in [1.165, 1.54) is 66.8 Å². The summed E-state index contributed by atoms with van der Waals surface area (Å²) in [6, 6.07) is 14.3. The Kier molecular flexibility index (Phi) is 6.34. The van der Waals surface area contributed by atoms with Gasteiger partial charge in [-0.05, 0) is 103 Å². The van der Waals surface area contributed by atoms with Gasteiger partial charge in [0.25, 0.3) is 0 Å². The van der Waals surface area contributed by atoms with E-state index in [0.29, 0.717) is 5.92 Å². The lowest BCUT2D eigenvalue weighted by Gasteiger charge is -2.24. The van der Waals surface area contributed by atoms with Gasteiger partial charge in [0, 0.05) is 33.7 Å². The molecule has 6 rings (SSSR count). The molecule has 196 valence electrons. The highest BCUT2D eigenvalue weighted by atomic mass is 15.0. The van der Waals surface area contributed by atoms with Crippen molar-refractivity contribution >= 4 is 22.6 Å². The Hall–Kier alpha value is -3.84. The summed E-state index contributed by atoms with van der Waals surface area (Å²) in [5, 5.41) is 1.37. The summed E-state index contributed by atoms with van der Waals surface area (Å²) in [6.07, 6.45) is 23.5. The van der Waals surface area contributed by atoms with Gasteiger partial charge in [-0.2, -0.15) is 0 Å². The first-order valence-corrected chi connectivity index (χ1v) is 14.4. The van der Waals surface area contributed by atoms with Crippen LogP contribution in [0.1, 0.15) is 81.3 Å². The van der Waals surface area contributed by atoms with Crippen molar-refractivity contribution in [2.75, 3.05) is 0 Å². The second-order valence-electron chi connectivity index (χ2n) is 11.7. The van der Waals surface area contributed by atoms with Gasteiger partial charge >= 0.3 is 0 Å². The molecule has 0 amide bonds. The lowest BCUT2D eigenvalue weighted by Crippen LogP contribution is -2.16. The van der Waals surface area contributed by atoms with Gasteiger partial charge in [-0.25, -0.2) is 0 Å². The molecule has 0 saturated heterocycles. The van der Waals surface area contributed by atoms with Crippen molar-refractivity contribution in [1.29, 1.82) is 0 Å². The van der Waals surface area contributed by atoms with E-state index in [1.54, 1.807) is 0 Å². The molecule has 3 aromatic rings. The highest BCUT2D eigenvalue weighted by Gasteiger charge is 2.36. The molecule has 1 atom stereocenters. The monoisotopic (exact) mass is 509 g/mol. The molecule has 1 unspecified atom stereocenters. The zero-order chi connectivity index (χ0) is 27.3. The molecule has 0 N–H and O–H groups in total. The Labute approximate surface area is 234 Å². The molecule has 0 aliphatic heterocycles. The van der Waals surface area contributed by atoms with Crippen LogP contribution in [-0.4, -0.2) is 4.57 Å². The molecule has 0 spiro atoms. The Bertz CT molecular complexity index is 1690. The zero-order valence-corrected chi connectivity index (χ0v) is 24.0. The molecule has 0 saturated carbocycles. The van der Waals surface area contributed by atoms with Gasteiger partial charge in [0.05, 0.1) is 5.52 Å². The van der Waals surface area contributed by atoms with E-state index >= 15 is 0 Å². The van der Waals surface area contributed by atoms with E-state index in [9.17, 15) is 0 Å². The fourth-order valence-corrected chi connectivity index (χ4v) is 6.96. The highest BCUT2D eigenvalue weighted by molar-refractivity contribution is 5.94. The standard InChI is InChI=1S/C38H39N/c1-7-12-26-22-27(17-16-25(26)4)28-18-21-37-33(23-28)32-14-10-11-15-36(32)39(37)29-19-20-31-30(13-8-2)34(9-3)38(5,6)35(31)24-29/h7-10,12-14,16,18-24,27H,3,11,15,17H2,1-2,4-6H3/b12-7-,13-8-. The largest absolute Gasteiger partial charge is 0.313 e. The third kappa shape index (κ3) is 3.98. The molecule has 1 heterocycles. The van der Waals surface area contributed by atoms with Crippen LogP contribution in [0.5, 0.6) is 0 Å². The van der Waals surface area contributed by atoms with Gasteiger partial charge in [0.1, 0.15) is 0 Å². The molecule has 1 aromatic heterocycles. The van der Waals surface area contributed by atoms with E-state index in [1.807, 2.05) is 6.08 Å². The highest BCUT2D eigenvalue weighted by Crippen LogP contribution is 2.48. The van der Waals surface area contributed by atoms with E-state index in [-0.39, 0.29) is 5.41 Å². The number of allylic oxidation sites excluding steroid dienone is 12. The second kappa shape index (κ2) is 9.72. The average Bonchev–Trinajstić information content (AvgIpc) is 3.38. The van der Waals surface area contributed by atoms with Gasteiger partial charge in [-0.1, -0.05) is 87.2 Å². The van der Waals surface area contributed by atoms with Crippen LogP contribution in [0.3, 0.4) is 0 Å².